The molecule has 0 bridgehead atoms. The van der Waals surface area contributed by atoms with Crippen molar-refractivity contribution in [2.75, 3.05) is 0 Å². The highest BCUT2D eigenvalue weighted by molar-refractivity contribution is 5.80. The van der Waals surface area contributed by atoms with Crippen molar-refractivity contribution < 1.29 is 19.8 Å². The first-order valence-electron chi connectivity index (χ1n) is 6.91. The Kier molecular flexibility index (Phi) is 11.8. The molecule has 0 spiro atoms. The molecule has 0 aliphatic carbocycles. The Morgan fingerprint density at radius 1 is 0.789 bits per heavy atom. The molecule has 0 saturated carbocycles. The molecule has 2 N–H and O–H groups in total. The molecule has 0 unspecified atom stereocenters. The van der Waals surface area contributed by atoms with Crippen LogP contribution in [-0.2, 0) is 9.59 Å². The van der Waals surface area contributed by atoms with Gasteiger partial charge in [-0.15, -0.1) is 0 Å². The van der Waals surface area contributed by atoms with Crippen LogP contribution in [0.1, 0.15) is 57.8 Å². The van der Waals surface area contributed by atoms with Crippen LogP contribution in [0.4, 0.5) is 0 Å². The molecule has 0 fully saturated rings. The number of hydrogen-bond acceptors (Lipinski definition) is 2. The van der Waals surface area contributed by atoms with Crippen LogP contribution in [-0.4, -0.2) is 22.2 Å². The van der Waals surface area contributed by atoms with E-state index in [0.717, 1.165) is 38.2 Å². The molecule has 0 aromatic rings. The number of allylic oxidation sites excluding steroid dienone is 3. The standard InChI is InChI=1S/C15H24O4/c16-14(17)12-10-8-6-4-2-1-3-5-7-9-11-13-15(18)19/h6,8,10,12H,1-5,7,9,11,13H2,(H,16,17)(H,18,19)/b8-6+,12-10+. The van der Waals surface area contributed by atoms with Gasteiger partial charge in [0, 0.05) is 12.5 Å². The van der Waals surface area contributed by atoms with E-state index in [1.807, 2.05) is 6.08 Å². The summed E-state index contributed by atoms with van der Waals surface area (Å²) in [5.41, 5.74) is 0. The van der Waals surface area contributed by atoms with Crippen LogP contribution >= 0.6 is 0 Å². The average molecular weight is 268 g/mol. The molecule has 0 aliphatic rings. The molecular formula is C15H24O4. The molecule has 0 rings (SSSR count). The molecule has 0 aliphatic heterocycles. The summed E-state index contributed by atoms with van der Waals surface area (Å²) in [6.45, 7) is 0. The fourth-order valence-electron chi connectivity index (χ4n) is 1.73. The van der Waals surface area contributed by atoms with Gasteiger partial charge in [-0.1, -0.05) is 50.3 Å². The van der Waals surface area contributed by atoms with E-state index in [4.69, 9.17) is 10.2 Å². The Hall–Kier alpha value is -1.58. The lowest BCUT2D eigenvalue weighted by Gasteiger charge is -1.99. The highest BCUT2D eigenvalue weighted by Crippen LogP contribution is 2.09. The van der Waals surface area contributed by atoms with Crippen LogP contribution in [0.15, 0.2) is 24.3 Å². The van der Waals surface area contributed by atoms with E-state index in [1.165, 1.54) is 25.3 Å². The third-order valence-corrected chi connectivity index (χ3v) is 2.75. The molecule has 0 aromatic heterocycles. The molecule has 0 heterocycles. The largest absolute Gasteiger partial charge is 0.481 e. The fourth-order valence-corrected chi connectivity index (χ4v) is 1.73. The van der Waals surface area contributed by atoms with Crippen molar-refractivity contribution >= 4 is 11.9 Å². The lowest BCUT2D eigenvalue weighted by molar-refractivity contribution is -0.137. The van der Waals surface area contributed by atoms with Gasteiger partial charge >= 0.3 is 11.9 Å². The number of carbonyl (C=O) groups is 2. The van der Waals surface area contributed by atoms with Gasteiger partial charge in [0.25, 0.3) is 0 Å². The minimum atomic E-state index is -0.924. The number of rotatable bonds is 12. The Bertz CT molecular complexity index is 305. The molecule has 0 amide bonds. The lowest BCUT2D eigenvalue weighted by atomic mass is 10.1. The number of hydrogen-bond donors (Lipinski definition) is 2. The van der Waals surface area contributed by atoms with E-state index in [1.54, 1.807) is 6.08 Å². The summed E-state index contributed by atoms with van der Waals surface area (Å²) < 4.78 is 0. The van der Waals surface area contributed by atoms with E-state index in [9.17, 15) is 9.59 Å². The summed E-state index contributed by atoms with van der Waals surface area (Å²) in [5, 5.41) is 16.8. The number of carboxylic acids is 2. The predicted octanol–water partition coefficient (Wildman–Crippen LogP) is 3.78. The number of unbranched alkanes of at least 4 members (excludes halogenated alkanes) is 7. The van der Waals surface area contributed by atoms with Crippen LogP contribution < -0.4 is 0 Å². The molecule has 4 heteroatoms. The first kappa shape index (κ1) is 17.4. The minimum Gasteiger partial charge on any atom is -0.481 e. The zero-order valence-corrected chi connectivity index (χ0v) is 11.4. The second kappa shape index (κ2) is 12.9. The van der Waals surface area contributed by atoms with Crippen LogP contribution in [0.25, 0.3) is 0 Å². The molecule has 19 heavy (non-hydrogen) atoms. The van der Waals surface area contributed by atoms with Crippen LogP contribution in [0.3, 0.4) is 0 Å². The van der Waals surface area contributed by atoms with Crippen molar-refractivity contribution in [3.05, 3.63) is 24.3 Å². The minimum absolute atomic E-state index is 0.286. The van der Waals surface area contributed by atoms with Gasteiger partial charge < -0.3 is 10.2 Å². The molecule has 0 atom stereocenters. The van der Waals surface area contributed by atoms with Gasteiger partial charge in [-0.05, 0) is 19.3 Å². The molecular weight excluding hydrogens is 244 g/mol. The van der Waals surface area contributed by atoms with Gasteiger partial charge in [0.2, 0.25) is 0 Å². The summed E-state index contributed by atoms with van der Waals surface area (Å²) in [6.07, 6.45) is 15.2. The topological polar surface area (TPSA) is 74.6 Å². The SMILES string of the molecule is O=C(O)/C=C/C=C/CCCCCCCCCC(=O)O. The normalized spacial score (nSPS) is 11.4. The second-order valence-corrected chi connectivity index (χ2v) is 4.53. The zero-order valence-electron chi connectivity index (χ0n) is 11.4. The second-order valence-electron chi connectivity index (χ2n) is 4.53. The lowest BCUT2D eigenvalue weighted by Crippen LogP contribution is -1.93. The third kappa shape index (κ3) is 16.4. The van der Waals surface area contributed by atoms with Crippen molar-refractivity contribution in [1.29, 1.82) is 0 Å². The Labute approximate surface area is 114 Å². The van der Waals surface area contributed by atoms with Gasteiger partial charge in [-0.3, -0.25) is 4.79 Å². The van der Waals surface area contributed by atoms with Crippen molar-refractivity contribution in [2.45, 2.75) is 57.8 Å². The van der Waals surface area contributed by atoms with Gasteiger partial charge in [0.15, 0.2) is 0 Å². The van der Waals surface area contributed by atoms with Crippen molar-refractivity contribution in [1.82, 2.24) is 0 Å². The van der Waals surface area contributed by atoms with E-state index >= 15 is 0 Å². The smallest absolute Gasteiger partial charge is 0.328 e. The molecule has 0 radical (unpaired) electrons. The van der Waals surface area contributed by atoms with E-state index in [2.05, 4.69) is 0 Å². The maximum atomic E-state index is 10.3. The highest BCUT2D eigenvalue weighted by Gasteiger charge is 1.96. The first-order valence-corrected chi connectivity index (χ1v) is 6.91. The monoisotopic (exact) mass is 268 g/mol. The molecule has 4 nitrogen and oxygen atoms in total. The summed E-state index contributed by atoms with van der Waals surface area (Å²) in [5.74, 6) is -1.63. The molecule has 0 saturated heterocycles. The average Bonchev–Trinajstić information content (AvgIpc) is 2.34. The third-order valence-electron chi connectivity index (χ3n) is 2.75. The highest BCUT2D eigenvalue weighted by atomic mass is 16.4. The van der Waals surface area contributed by atoms with Crippen LogP contribution in [0, 0.1) is 0 Å². The van der Waals surface area contributed by atoms with Crippen molar-refractivity contribution in [3.8, 4) is 0 Å². The zero-order chi connectivity index (χ0) is 14.3. The van der Waals surface area contributed by atoms with E-state index < -0.39 is 11.9 Å². The maximum absolute atomic E-state index is 10.3. The maximum Gasteiger partial charge on any atom is 0.328 e. The summed E-state index contributed by atoms with van der Waals surface area (Å²) >= 11 is 0. The van der Waals surface area contributed by atoms with Crippen molar-refractivity contribution in [3.63, 3.8) is 0 Å². The molecule has 0 aromatic carbocycles. The van der Waals surface area contributed by atoms with Crippen LogP contribution in [0.5, 0.6) is 0 Å². The Morgan fingerprint density at radius 2 is 1.37 bits per heavy atom. The summed E-state index contributed by atoms with van der Waals surface area (Å²) in [7, 11) is 0. The Balaban J connectivity index is 3.19. The number of carboxylic acid groups (broad SMARTS) is 2. The van der Waals surface area contributed by atoms with Gasteiger partial charge in [0.05, 0.1) is 0 Å². The first-order chi connectivity index (χ1) is 9.13. The summed E-state index contributed by atoms with van der Waals surface area (Å²) in [6, 6.07) is 0. The van der Waals surface area contributed by atoms with Gasteiger partial charge in [-0.2, -0.15) is 0 Å². The van der Waals surface area contributed by atoms with E-state index in [0.29, 0.717) is 0 Å². The predicted molar refractivity (Wildman–Crippen MR) is 75.1 cm³/mol. The molecule has 108 valence electrons. The van der Waals surface area contributed by atoms with Crippen molar-refractivity contribution in [2.24, 2.45) is 0 Å². The van der Waals surface area contributed by atoms with Crippen LogP contribution in [0.2, 0.25) is 0 Å². The quantitative estimate of drug-likeness (QED) is 0.321. The fraction of sp³-hybridized carbons (Fsp3) is 0.600. The Morgan fingerprint density at radius 3 is 1.95 bits per heavy atom. The summed E-state index contributed by atoms with van der Waals surface area (Å²) in [4.78, 5) is 20.4. The van der Waals surface area contributed by atoms with Gasteiger partial charge in [0.1, 0.15) is 0 Å². The van der Waals surface area contributed by atoms with E-state index in [-0.39, 0.29) is 6.42 Å². The number of aliphatic carboxylic acids is 2. The van der Waals surface area contributed by atoms with Gasteiger partial charge in [-0.25, -0.2) is 4.79 Å².